The molecule has 3 atom stereocenters. The molecule has 0 radical (unpaired) electrons. The fourth-order valence-electron chi connectivity index (χ4n) is 2.93. The van der Waals surface area contributed by atoms with E-state index in [0.717, 1.165) is 12.2 Å². The van der Waals surface area contributed by atoms with Crippen LogP contribution in [0.5, 0.6) is 0 Å². The molecule has 1 heterocycles. The summed E-state index contributed by atoms with van der Waals surface area (Å²) < 4.78 is 0. The highest BCUT2D eigenvalue weighted by Crippen LogP contribution is 2.38. The molecule has 0 bridgehead atoms. The van der Waals surface area contributed by atoms with Gasteiger partial charge in [0.15, 0.2) is 0 Å². The van der Waals surface area contributed by atoms with Crippen LogP contribution >= 0.6 is 21.6 Å². The van der Waals surface area contributed by atoms with Gasteiger partial charge in [0.2, 0.25) is 0 Å². The molecule has 0 aromatic rings. The highest BCUT2D eigenvalue weighted by molar-refractivity contribution is 8.77. The molecule has 0 aromatic heterocycles. The van der Waals surface area contributed by atoms with E-state index in [-0.39, 0.29) is 47.7 Å². The van der Waals surface area contributed by atoms with E-state index in [1.165, 1.54) is 6.92 Å². The third kappa shape index (κ3) is 8.99. The number of carbonyl (C=O) groups is 3. The summed E-state index contributed by atoms with van der Waals surface area (Å²) >= 11 is 0. The minimum absolute atomic E-state index is 0.0350. The van der Waals surface area contributed by atoms with Gasteiger partial charge in [-0.1, -0.05) is 21.6 Å². The van der Waals surface area contributed by atoms with Gasteiger partial charge in [-0.3, -0.25) is 14.4 Å². The van der Waals surface area contributed by atoms with Gasteiger partial charge in [0.1, 0.15) is 17.3 Å². The zero-order chi connectivity index (χ0) is 19.4. The van der Waals surface area contributed by atoms with Gasteiger partial charge in [-0.05, 0) is 52.6 Å². The van der Waals surface area contributed by atoms with Gasteiger partial charge in [-0.25, -0.2) is 0 Å². The second-order valence-corrected chi connectivity index (χ2v) is 9.36. The Bertz CT molecular complexity index is 462. The number of hydrogen-bond donors (Lipinski definition) is 3. The van der Waals surface area contributed by atoms with Crippen LogP contribution in [0.4, 0.5) is 0 Å². The lowest BCUT2D eigenvalue weighted by molar-refractivity contribution is -0.123. The molecule has 1 fully saturated rings. The van der Waals surface area contributed by atoms with E-state index < -0.39 is 0 Å². The number of nitrogens with one attached hydrogen (secondary N) is 2. The summed E-state index contributed by atoms with van der Waals surface area (Å²) in [5.74, 6) is 1.15. The Morgan fingerprint density at radius 2 is 2.12 bits per heavy atom. The third-order valence-corrected chi connectivity index (χ3v) is 7.41. The van der Waals surface area contributed by atoms with E-state index in [1.807, 2.05) is 7.05 Å². The summed E-state index contributed by atoms with van der Waals surface area (Å²) in [6.07, 6.45) is 3.75. The van der Waals surface area contributed by atoms with E-state index >= 15 is 0 Å². The molecule has 1 aliphatic heterocycles. The SMILES string of the molecule is CNCC[C@H](NCC(=O)CC[C@@H]1CCSSC(CCCO)C1=O)C(C)=O. The predicted molar refractivity (Wildman–Crippen MR) is 109 cm³/mol. The summed E-state index contributed by atoms with van der Waals surface area (Å²) in [6, 6.07) is -0.304. The highest BCUT2D eigenvalue weighted by Gasteiger charge is 2.30. The Morgan fingerprint density at radius 1 is 1.35 bits per heavy atom. The molecule has 0 aliphatic carbocycles. The molecule has 3 N–H and O–H groups in total. The Hall–Kier alpha value is -0.410. The first kappa shape index (κ1) is 23.6. The van der Waals surface area contributed by atoms with Crippen molar-refractivity contribution < 1.29 is 19.5 Å². The van der Waals surface area contributed by atoms with Gasteiger partial charge in [-0.2, -0.15) is 0 Å². The molecule has 1 unspecified atom stereocenters. The van der Waals surface area contributed by atoms with Crippen LogP contribution in [0.15, 0.2) is 0 Å². The van der Waals surface area contributed by atoms with Crippen molar-refractivity contribution in [1.29, 1.82) is 0 Å². The lowest BCUT2D eigenvalue weighted by atomic mass is 9.91. The first-order valence-corrected chi connectivity index (χ1v) is 11.7. The summed E-state index contributed by atoms with van der Waals surface area (Å²) in [7, 11) is 5.15. The zero-order valence-electron chi connectivity index (χ0n) is 15.8. The van der Waals surface area contributed by atoms with Crippen molar-refractivity contribution in [1.82, 2.24) is 10.6 Å². The van der Waals surface area contributed by atoms with Crippen LogP contribution in [0.1, 0.15) is 45.4 Å². The first-order valence-electron chi connectivity index (χ1n) is 9.32. The summed E-state index contributed by atoms with van der Waals surface area (Å²) in [4.78, 5) is 36.4. The monoisotopic (exact) mass is 404 g/mol. The van der Waals surface area contributed by atoms with E-state index in [4.69, 9.17) is 5.11 Å². The second-order valence-electron chi connectivity index (χ2n) is 6.67. The molecular formula is C18H32N2O4S2. The summed E-state index contributed by atoms with van der Waals surface area (Å²) in [5.41, 5.74) is 0. The summed E-state index contributed by atoms with van der Waals surface area (Å²) in [5, 5.41) is 15.0. The number of aliphatic hydroxyl groups is 1. The highest BCUT2D eigenvalue weighted by atomic mass is 33.1. The Kier molecular flexibility index (Phi) is 12.5. The van der Waals surface area contributed by atoms with Crippen molar-refractivity contribution in [3.05, 3.63) is 0 Å². The molecule has 8 heteroatoms. The van der Waals surface area contributed by atoms with E-state index in [0.29, 0.717) is 38.6 Å². The maximum atomic E-state index is 12.6. The number of ketones is 3. The maximum absolute atomic E-state index is 12.6. The van der Waals surface area contributed by atoms with Crippen LogP contribution in [0.2, 0.25) is 0 Å². The van der Waals surface area contributed by atoms with E-state index in [1.54, 1.807) is 21.6 Å². The molecule has 26 heavy (non-hydrogen) atoms. The van der Waals surface area contributed by atoms with Crippen molar-refractivity contribution >= 4 is 38.9 Å². The predicted octanol–water partition coefficient (Wildman–Crippen LogP) is 1.60. The first-order chi connectivity index (χ1) is 12.5. The number of Topliss-reactive ketones (excluding diaryl/α,β-unsaturated/α-hetero) is 3. The lowest BCUT2D eigenvalue weighted by Gasteiger charge is -2.18. The number of rotatable bonds is 13. The number of aliphatic hydroxyl groups excluding tert-OH is 1. The lowest BCUT2D eigenvalue weighted by Crippen LogP contribution is -2.40. The van der Waals surface area contributed by atoms with Crippen molar-refractivity contribution in [3.8, 4) is 0 Å². The normalized spacial score (nSPS) is 22.0. The standard InChI is InChI=1S/C18H32N2O4S2/c1-13(22)16(7-9-19-2)20-12-15(23)6-5-14-8-11-25-26-17(18(14)24)4-3-10-21/h14,16-17,19-21H,3-12H2,1-2H3/t14-,16+,17?/m1/s1. The topological polar surface area (TPSA) is 95.5 Å². The largest absolute Gasteiger partial charge is 0.396 e. The Labute approximate surface area is 164 Å². The summed E-state index contributed by atoms with van der Waals surface area (Å²) in [6.45, 7) is 2.53. The van der Waals surface area contributed by atoms with Crippen LogP contribution in [0, 0.1) is 5.92 Å². The molecular weight excluding hydrogens is 372 g/mol. The third-order valence-electron chi connectivity index (χ3n) is 4.57. The van der Waals surface area contributed by atoms with Gasteiger partial charge >= 0.3 is 0 Å². The van der Waals surface area contributed by atoms with Crippen LogP contribution in [0.25, 0.3) is 0 Å². The molecule has 150 valence electrons. The van der Waals surface area contributed by atoms with Gasteiger partial charge in [-0.15, -0.1) is 0 Å². The van der Waals surface area contributed by atoms with E-state index in [9.17, 15) is 14.4 Å². The smallest absolute Gasteiger partial charge is 0.149 e. The minimum atomic E-state index is -0.304. The van der Waals surface area contributed by atoms with Crippen LogP contribution in [0.3, 0.4) is 0 Å². The van der Waals surface area contributed by atoms with Gasteiger partial charge in [0, 0.05) is 24.7 Å². The second kappa shape index (κ2) is 13.7. The number of carbonyl (C=O) groups excluding carboxylic acids is 3. The van der Waals surface area contributed by atoms with Crippen molar-refractivity contribution in [2.45, 2.75) is 56.7 Å². The van der Waals surface area contributed by atoms with Crippen molar-refractivity contribution in [2.24, 2.45) is 5.92 Å². The molecule has 1 saturated heterocycles. The quantitative estimate of drug-likeness (QED) is 0.399. The molecule has 0 saturated carbocycles. The molecule has 0 spiro atoms. The van der Waals surface area contributed by atoms with Crippen molar-refractivity contribution in [2.75, 3.05) is 32.5 Å². The van der Waals surface area contributed by atoms with Crippen LogP contribution < -0.4 is 10.6 Å². The van der Waals surface area contributed by atoms with Crippen LogP contribution in [-0.4, -0.2) is 66.2 Å². The van der Waals surface area contributed by atoms with Gasteiger partial charge in [0.25, 0.3) is 0 Å². The minimum Gasteiger partial charge on any atom is -0.396 e. The Balaban J connectivity index is 2.41. The van der Waals surface area contributed by atoms with Gasteiger partial charge in [0.05, 0.1) is 17.8 Å². The Morgan fingerprint density at radius 3 is 2.77 bits per heavy atom. The number of hydrogen-bond acceptors (Lipinski definition) is 8. The van der Waals surface area contributed by atoms with Gasteiger partial charge < -0.3 is 15.7 Å². The molecule has 6 nitrogen and oxygen atoms in total. The molecule has 0 aromatic carbocycles. The van der Waals surface area contributed by atoms with E-state index in [2.05, 4.69) is 10.6 Å². The molecule has 1 aliphatic rings. The average molecular weight is 405 g/mol. The molecule has 0 amide bonds. The van der Waals surface area contributed by atoms with Crippen LogP contribution in [-0.2, 0) is 14.4 Å². The fraction of sp³-hybridized carbons (Fsp3) is 0.833. The maximum Gasteiger partial charge on any atom is 0.149 e. The zero-order valence-corrected chi connectivity index (χ0v) is 17.4. The fourth-order valence-corrected chi connectivity index (χ4v) is 5.76. The van der Waals surface area contributed by atoms with Crippen molar-refractivity contribution in [3.63, 3.8) is 0 Å². The average Bonchev–Trinajstić information content (AvgIpc) is 2.79. The molecule has 1 rings (SSSR count).